The van der Waals surface area contributed by atoms with Gasteiger partial charge in [-0.05, 0) is 43.2 Å². The monoisotopic (exact) mass is 716 g/mol. The van der Waals surface area contributed by atoms with Crippen LogP contribution in [0.4, 0.5) is 0 Å². The Bertz CT molecular complexity index is 1100. The Labute approximate surface area is 323 Å². The van der Waals surface area contributed by atoms with Crippen LogP contribution in [0, 0.1) is 11.8 Å². The number of benzene rings is 1. The normalized spacial score (nSPS) is 11.0. The van der Waals surface area contributed by atoms with Crippen LogP contribution in [0.15, 0.2) is 42.7 Å². The molecular weight excluding hydrogens is 635 g/mol. The predicted molar refractivity (Wildman–Crippen MR) is 227 cm³/mol. The summed E-state index contributed by atoms with van der Waals surface area (Å²) in [6, 6.07) is 10.0. The molecule has 3 nitrogen and oxygen atoms in total. The van der Waals surface area contributed by atoms with E-state index in [9.17, 15) is 0 Å². The van der Waals surface area contributed by atoms with Crippen LogP contribution in [0.25, 0.3) is 0 Å². The van der Waals surface area contributed by atoms with Crippen LogP contribution in [-0.2, 0) is 0 Å². The van der Waals surface area contributed by atoms with E-state index < -0.39 is 0 Å². The van der Waals surface area contributed by atoms with Gasteiger partial charge in [-0.2, -0.15) is 0 Å². The molecule has 0 atom stereocenters. The third kappa shape index (κ3) is 27.2. The quantitative estimate of drug-likeness (QED) is 0.0520. The minimum Gasteiger partial charge on any atom is -0.490 e. The van der Waals surface area contributed by atoms with Crippen molar-refractivity contribution in [3.8, 4) is 23.3 Å². The molecule has 2 aromatic rings. The van der Waals surface area contributed by atoms with Gasteiger partial charge in [0.05, 0.1) is 13.2 Å². The van der Waals surface area contributed by atoms with E-state index in [1.807, 2.05) is 18.2 Å². The molecule has 0 saturated carbocycles. The molecule has 1 aromatic heterocycles. The lowest BCUT2D eigenvalue weighted by atomic mass is 10.0. The molecule has 0 radical (unpaired) electrons. The van der Waals surface area contributed by atoms with Crippen molar-refractivity contribution in [1.29, 1.82) is 0 Å². The Morgan fingerprint density at radius 3 is 1.08 bits per heavy atom. The topological polar surface area (TPSA) is 31.4 Å². The Hall–Kier alpha value is -2.47. The third-order valence-electron chi connectivity index (χ3n) is 10.5. The van der Waals surface area contributed by atoms with Gasteiger partial charge in [0.15, 0.2) is 11.5 Å². The Balaban J connectivity index is 1.57. The summed E-state index contributed by atoms with van der Waals surface area (Å²) in [6.45, 7) is 6.07. The summed E-state index contributed by atoms with van der Waals surface area (Å²) in [5.74, 6) is 8.24. The minimum absolute atomic E-state index is 0.731. The molecule has 2 rings (SSSR count). The van der Waals surface area contributed by atoms with Gasteiger partial charge >= 0.3 is 0 Å². The van der Waals surface area contributed by atoms with Crippen molar-refractivity contribution in [3.05, 3.63) is 53.9 Å². The summed E-state index contributed by atoms with van der Waals surface area (Å²) < 4.78 is 12.6. The second-order valence-corrected chi connectivity index (χ2v) is 15.5. The molecular formula is C49H81NO2. The molecule has 0 unspecified atom stereocenters. The number of pyridine rings is 1. The lowest BCUT2D eigenvalue weighted by molar-refractivity contribution is 0.258. The maximum atomic E-state index is 6.33. The second-order valence-electron chi connectivity index (χ2n) is 15.5. The molecule has 1 heterocycles. The van der Waals surface area contributed by atoms with Crippen molar-refractivity contribution >= 4 is 0 Å². The summed E-state index contributed by atoms with van der Waals surface area (Å²) in [5.41, 5.74) is 1.92. The first-order chi connectivity index (χ1) is 25.8. The molecule has 0 N–H and O–H groups in total. The largest absolute Gasteiger partial charge is 0.490 e. The van der Waals surface area contributed by atoms with E-state index in [4.69, 9.17) is 9.47 Å². The number of rotatable bonds is 36. The summed E-state index contributed by atoms with van der Waals surface area (Å²) in [5, 5.41) is 0. The zero-order chi connectivity index (χ0) is 36.8. The number of hydrogen-bond acceptors (Lipinski definition) is 3. The Kier molecular flexibility index (Phi) is 31.2. The molecule has 1 aromatic carbocycles. The second kappa shape index (κ2) is 35.6. The van der Waals surface area contributed by atoms with Gasteiger partial charge in [-0.15, -0.1) is 0 Å². The van der Waals surface area contributed by atoms with E-state index in [0.717, 1.165) is 48.7 Å². The fourth-order valence-electron chi connectivity index (χ4n) is 7.06. The molecule has 0 bridgehead atoms. The van der Waals surface area contributed by atoms with Gasteiger partial charge < -0.3 is 9.47 Å². The van der Waals surface area contributed by atoms with E-state index in [2.05, 4.69) is 42.8 Å². The molecule has 3 heteroatoms. The van der Waals surface area contributed by atoms with Gasteiger partial charge in [0, 0.05) is 23.5 Å². The molecule has 0 aliphatic carbocycles. The first kappa shape index (κ1) is 45.7. The molecule has 0 saturated heterocycles. The van der Waals surface area contributed by atoms with Crippen LogP contribution in [0.5, 0.6) is 11.5 Å². The predicted octanol–water partition coefficient (Wildman–Crippen LogP) is 15.8. The Morgan fingerprint density at radius 2 is 0.692 bits per heavy atom. The molecule has 0 fully saturated rings. The average molecular weight is 716 g/mol. The summed E-state index contributed by atoms with van der Waals surface area (Å²) in [7, 11) is 0. The van der Waals surface area contributed by atoms with Crippen molar-refractivity contribution in [1.82, 2.24) is 4.98 Å². The number of unbranched alkanes of at least 4 members (excludes halogenated alkanes) is 30. The SMILES string of the molecule is CCCCCCCCCCCCCCCCCCOc1ccc(C#Cc2ccncc2)cc1OCCCCCCCCCCCCCCCCCC. The summed E-state index contributed by atoms with van der Waals surface area (Å²) in [6.07, 6.45) is 47.7. The smallest absolute Gasteiger partial charge is 0.162 e. The maximum Gasteiger partial charge on any atom is 0.162 e. The van der Waals surface area contributed by atoms with Crippen LogP contribution in [0.2, 0.25) is 0 Å². The van der Waals surface area contributed by atoms with Gasteiger partial charge in [-0.1, -0.05) is 218 Å². The van der Waals surface area contributed by atoms with E-state index in [-0.39, 0.29) is 0 Å². The van der Waals surface area contributed by atoms with Crippen molar-refractivity contribution < 1.29 is 9.47 Å². The van der Waals surface area contributed by atoms with Gasteiger partial charge in [0.2, 0.25) is 0 Å². The van der Waals surface area contributed by atoms with Crippen LogP contribution in [0.3, 0.4) is 0 Å². The minimum atomic E-state index is 0.731. The van der Waals surface area contributed by atoms with E-state index in [0.29, 0.717) is 0 Å². The van der Waals surface area contributed by atoms with E-state index in [1.165, 1.54) is 193 Å². The van der Waals surface area contributed by atoms with Gasteiger partial charge in [-0.3, -0.25) is 4.98 Å². The highest BCUT2D eigenvalue weighted by molar-refractivity contribution is 5.50. The fourth-order valence-corrected chi connectivity index (χ4v) is 7.06. The standard InChI is InChI=1S/C49H81NO2/c1-3-5-7-9-11-13-15-17-19-21-23-25-27-29-31-33-43-51-48-38-37-47(36-35-46-39-41-50-42-40-46)45-49(48)52-44-34-32-30-28-26-24-22-20-18-16-14-12-10-8-6-4-2/h37-42,45H,3-34,43-44H2,1-2H3. The highest BCUT2D eigenvalue weighted by Crippen LogP contribution is 2.29. The van der Waals surface area contributed by atoms with Crippen molar-refractivity contribution in [3.63, 3.8) is 0 Å². The molecule has 0 aliphatic rings. The van der Waals surface area contributed by atoms with E-state index in [1.54, 1.807) is 12.4 Å². The first-order valence-electron chi connectivity index (χ1n) is 22.6. The van der Waals surface area contributed by atoms with Gasteiger partial charge in [0.1, 0.15) is 0 Å². The maximum absolute atomic E-state index is 6.33. The molecule has 0 spiro atoms. The number of nitrogens with zero attached hydrogens (tertiary/aromatic N) is 1. The van der Waals surface area contributed by atoms with Gasteiger partial charge in [-0.25, -0.2) is 0 Å². The summed E-state index contributed by atoms with van der Waals surface area (Å²) >= 11 is 0. The summed E-state index contributed by atoms with van der Waals surface area (Å²) in [4.78, 5) is 4.10. The lowest BCUT2D eigenvalue weighted by Crippen LogP contribution is -2.03. The van der Waals surface area contributed by atoms with Gasteiger partial charge in [0.25, 0.3) is 0 Å². The fraction of sp³-hybridized carbons (Fsp3) is 0.735. The molecule has 0 amide bonds. The average Bonchev–Trinajstić information content (AvgIpc) is 3.17. The zero-order valence-electron chi connectivity index (χ0n) is 34.3. The van der Waals surface area contributed by atoms with Crippen LogP contribution >= 0.6 is 0 Å². The van der Waals surface area contributed by atoms with Crippen molar-refractivity contribution in [2.24, 2.45) is 0 Å². The Morgan fingerprint density at radius 1 is 0.365 bits per heavy atom. The highest BCUT2D eigenvalue weighted by Gasteiger charge is 2.07. The number of aromatic nitrogens is 1. The van der Waals surface area contributed by atoms with Crippen molar-refractivity contribution in [2.75, 3.05) is 13.2 Å². The third-order valence-corrected chi connectivity index (χ3v) is 10.5. The molecule has 0 aliphatic heterocycles. The van der Waals surface area contributed by atoms with Crippen LogP contribution in [-0.4, -0.2) is 18.2 Å². The first-order valence-corrected chi connectivity index (χ1v) is 22.6. The molecule has 52 heavy (non-hydrogen) atoms. The zero-order valence-corrected chi connectivity index (χ0v) is 34.3. The molecule has 294 valence electrons. The van der Waals surface area contributed by atoms with E-state index >= 15 is 0 Å². The number of ether oxygens (including phenoxy) is 2. The van der Waals surface area contributed by atoms with Crippen LogP contribution in [0.1, 0.15) is 230 Å². The highest BCUT2D eigenvalue weighted by atomic mass is 16.5. The lowest BCUT2D eigenvalue weighted by Gasteiger charge is -2.13. The number of hydrogen-bond donors (Lipinski definition) is 0. The van der Waals surface area contributed by atoms with Crippen LogP contribution < -0.4 is 9.47 Å². The van der Waals surface area contributed by atoms with Crippen molar-refractivity contribution in [2.45, 2.75) is 219 Å².